The minimum atomic E-state index is 0.568. The number of nitrogens with zero attached hydrogens (tertiary/aromatic N) is 2. The molecule has 1 atom stereocenters. The van der Waals surface area contributed by atoms with E-state index in [4.69, 9.17) is 0 Å². The zero-order chi connectivity index (χ0) is 6.69. The Hall–Kier alpha value is -0.0800. The summed E-state index contributed by atoms with van der Waals surface area (Å²) in [5.41, 5.74) is 0. The van der Waals surface area contributed by atoms with Crippen LogP contribution in [0, 0.1) is 0 Å². The van der Waals surface area contributed by atoms with Crippen LogP contribution in [0.2, 0.25) is 0 Å². The fourth-order valence-electron chi connectivity index (χ4n) is 1.23. The Morgan fingerprint density at radius 2 is 2.44 bits per heavy atom. The van der Waals surface area contributed by atoms with Crippen LogP contribution in [0.3, 0.4) is 0 Å². The summed E-state index contributed by atoms with van der Waals surface area (Å²) in [6, 6.07) is 0.568. The lowest BCUT2D eigenvalue weighted by molar-refractivity contribution is 0.213. The van der Waals surface area contributed by atoms with Crippen LogP contribution in [0.15, 0.2) is 0 Å². The maximum Gasteiger partial charge on any atom is 0.0345 e. The lowest BCUT2D eigenvalue weighted by Gasteiger charge is -2.29. The first-order valence-corrected chi connectivity index (χ1v) is 3.72. The SMILES string of the molecule is CCN1CC[N]C(C)C1. The summed E-state index contributed by atoms with van der Waals surface area (Å²) >= 11 is 0. The Morgan fingerprint density at radius 3 is 2.89 bits per heavy atom. The van der Waals surface area contributed by atoms with Crippen molar-refractivity contribution in [1.82, 2.24) is 10.2 Å². The van der Waals surface area contributed by atoms with Crippen LogP contribution in [-0.4, -0.2) is 37.1 Å². The minimum Gasteiger partial charge on any atom is -0.301 e. The second kappa shape index (κ2) is 3.18. The van der Waals surface area contributed by atoms with E-state index in [-0.39, 0.29) is 0 Å². The Labute approximate surface area is 57.2 Å². The lowest BCUT2D eigenvalue weighted by atomic mass is 10.2. The predicted molar refractivity (Wildman–Crippen MR) is 38.6 cm³/mol. The summed E-state index contributed by atoms with van der Waals surface area (Å²) in [6.07, 6.45) is 0. The van der Waals surface area contributed by atoms with E-state index in [1.807, 2.05) is 0 Å². The van der Waals surface area contributed by atoms with Gasteiger partial charge in [-0.05, 0) is 13.5 Å². The van der Waals surface area contributed by atoms with E-state index in [2.05, 4.69) is 24.1 Å². The molecule has 1 aliphatic heterocycles. The highest BCUT2D eigenvalue weighted by molar-refractivity contribution is 4.72. The Bertz CT molecular complexity index is 83.0. The summed E-state index contributed by atoms with van der Waals surface area (Å²) < 4.78 is 0. The van der Waals surface area contributed by atoms with E-state index < -0.39 is 0 Å². The molecule has 0 amide bonds. The minimum absolute atomic E-state index is 0.568. The van der Waals surface area contributed by atoms with Gasteiger partial charge in [0.15, 0.2) is 0 Å². The van der Waals surface area contributed by atoms with Gasteiger partial charge < -0.3 is 4.90 Å². The van der Waals surface area contributed by atoms with Crippen molar-refractivity contribution in [1.29, 1.82) is 0 Å². The van der Waals surface area contributed by atoms with Gasteiger partial charge in [-0.2, -0.15) is 0 Å². The molecule has 1 fully saturated rings. The van der Waals surface area contributed by atoms with Crippen molar-refractivity contribution in [2.24, 2.45) is 0 Å². The standard InChI is InChI=1S/C7H15N2/c1-3-9-5-4-8-7(2)6-9/h7H,3-6H2,1-2H3. The molecule has 1 aliphatic rings. The summed E-state index contributed by atoms with van der Waals surface area (Å²) in [4.78, 5) is 2.44. The van der Waals surface area contributed by atoms with Crippen LogP contribution in [0.1, 0.15) is 13.8 Å². The third-order valence-electron chi connectivity index (χ3n) is 1.83. The second-order valence-electron chi connectivity index (χ2n) is 2.65. The van der Waals surface area contributed by atoms with Crippen molar-refractivity contribution < 1.29 is 0 Å². The second-order valence-corrected chi connectivity index (χ2v) is 2.65. The number of likely N-dealkylation sites (N-methyl/N-ethyl adjacent to an activating group) is 1. The van der Waals surface area contributed by atoms with Crippen LogP contribution in [0.5, 0.6) is 0 Å². The maximum absolute atomic E-state index is 4.39. The van der Waals surface area contributed by atoms with Gasteiger partial charge in [0.05, 0.1) is 0 Å². The molecule has 0 aromatic rings. The number of hydrogen-bond donors (Lipinski definition) is 0. The first-order chi connectivity index (χ1) is 4.33. The third-order valence-corrected chi connectivity index (χ3v) is 1.83. The van der Waals surface area contributed by atoms with Crippen molar-refractivity contribution in [3.8, 4) is 0 Å². The van der Waals surface area contributed by atoms with Crippen molar-refractivity contribution in [2.75, 3.05) is 26.2 Å². The summed E-state index contributed by atoms with van der Waals surface area (Å²) in [5.74, 6) is 0. The van der Waals surface area contributed by atoms with Crippen molar-refractivity contribution >= 4 is 0 Å². The molecule has 0 aliphatic carbocycles. The Morgan fingerprint density at radius 1 is 1.67 bits per heavy atom. The normalized spacial score (nSPS) is 30.7. The maximum atomic E-state index is 4.39. The molecule has 9 heavy (non-hydrogen) atoms. The Kier molecular flexibility index (Phi) is 2.49. The van der Waals surface area contributed by atoms with E-state index in [0.717, 1.165) is 13.1 Å². The lowest BCUT2D eigenvalue weighted by Crippen LogP contribution is -2.45. The van der Waals surface area contributed by atoms with Gasteiger partial charge in [-0.15, -0.1) is 0 Å². The number of rotatable bonds is 1. The average Bonchev–Trinajstić information content (AvgIpc) is 1.88. The molecular weight excluding hydrogens is 112 g/mol. The molecule has 0 aromatic carbocycles. The third kappa shape index (κ3) is 1.95. The van der Waals surface area contributed by atoms with E-state index >= 15 is 0 Å². The van der Waals surface area contributed by atoms with Gasteiger partial charge in [0.2, 0.25) is 0 Å². The van der Waals surface area contributed by atoms with E-state index in [1.54, 1.807) is 0 Å². The fourth-order valence-corrected chi connectivity index (χ4v) is 1.23. The molecule has 0 aromatic heterocycles. The molecule has 1 rings (SSSR count). The van der Waals surface area contributed by atoms with E-state index in [1.165, 1.54) is 13.1 Å². The molecular formula is C7H15N2. The molecule has 53 valence electrons. The van der Waals surface area contributed by atoms with Crippen molar-refractivity contribution in [2.45, 2.75) is 19.9 Å². The van der Waals surface area contributed by atoms with E-state index in [0.29, 0.717) is 6.04 Å². The van der Waals surface area contributed by atoms with Crippen LogP contribution in [0.4, 0.5) is 0 Å². The number of hydrogen-bond acceptors (Lipinski definition) is 1. The Balaban J connectivity index is 2.23. The highest BCUT2D eigenvalue weighted by Crippen LogP contribution is 1.97. The molecule has 2 nitrogen and oxygen atoms in total. The van der Waals surface area contributed by atoms with Gasteiger partial charge in [0.25, 0.3) is 0 Å². The van der Waals surface area contributed by atoms with Crippen LogP contribution < -0.4 is 5.32 Å². The first-order valence-electron chi connectivity index (χ1n) is 3.72. The van der Waals surface area contributed by atoms with Crippen molar-refractivity contribution in [3.63, 3.8) is 0 Å². The smallest absolute Gasteiger partial charge is 0.0345 e. The van der Waals surface area contributed by atoms with Gasteiger partial charge >= 0.3 is 0 Å². The van der Waals surface area contributed by atoms with Crippen LogP contribution >= 0.6 is 0 Å². The molecule has 0 bridgehead atoms. The fraction of sp³-hybridized carbons (Fsp3) is 1.00. The molecule has 0 saturated carbocycles. The zero-order valence-electron chi connectivity index (χ0n) is 6.30. The molecule has 1 heterocycles. The van der Waals surface area contributed by atoms with Crippen LogP contribution in [-0.2, 0) is 0 Å². The molecule has 0 N–H and O–H groups in total. The molecule has 1 radical (unpaired) electrons. The van der Waals surface area contributed by atoms with Gasteiger partial charge in [0, 0.05) is 25.7 Å². The average molecular weight is 127 g/mol. The highest BCUT2D eigenvalue weighted by atomic mass is 15.2. The highest BCUT2D eigenvalue weighted by Gasteiger charge is 2.13. The summed E-state index contributed by atoms with van der Waals surface area (Å²) in [6.45, 7) is 8.94. The summed E-state index contributed by atoms with van der Waals surface area (Å²) in [5, 5.41) is 4.39. The van der Waals surface area contributed by atoms with Crippen molar-refractivity contribution in [3.05, 3.63) is 0 Å². The molecule has 1 saturated heterocycles. The van der Waals surface area contributed by atoms with Crippen LogP contribution in [0.25, 0.3) is 0 Å². The summed E-state index contributed by atoms with van der Waals surface area (Å²) in [7, 11) is 0. The van der Waals surface area contributed by atoms with E-state index in [9.17, 15) is 0 Å². The van der Waals surface area contributed by atoms with Gasteiger partial charge in [-0.3, -0.25) is 0 Å². The predicted octanol–water partition coefficient (Wildman–Crippen LogP) is 0.315. The molecule has 1 unspecified atom stereocenters. The number of piperazine rings is 1. The monoisotopic (exact) mass is 127 g/mol. The largest absolute Gasteiger partial charge is 0.301 e. The van der Waals surface area contributed by atoms with Gasteiger partial charge in [-0.1, -0.05) is 6.92 Å². The van der Waals surface area contributed by atoms with Gasteiger partial charge in [0.1, 0.15) is 0 Å². The van der Waals surface area contributed by atoms with Gasteiger partial charge in [-0.25, -0.2) is 5.32 Å². The molecule has 0 spiro atoms. The molecule has 2 heteroatoms. The quantitative estimate of drug-likeness (QED) is 0.495. The first kappa shape index (κ1) is 7.03. The topological polar surface area (TPSA) is 17.3 Å². The zero-order valence-corrected chi connectivity index (χ0v) is 6.30.